The minimum atomic E-state index is -1.41. The highest BCUT2D eigenvalue weighted by molar-refractivity contribution is 5.85. The number of hydrogen-bond donors (Lipinski definition) is 4. The lowest BCUT2D eigenvalue weighted by molar-refractivity contribution is -0.141. The lowest BCUT2D eigenvalue weighted by Crippen LogP contribution is -2.51. The molecule has 0 aromatic heterocycles. The summed E-state index contributed by atoms with van der Waals surface area (Å²) in [6, 6.07) is 0. The molecule has 0 bridgehead atoms. The third kappa shape index (κ3) is 9.49. The second-order valence-corrected chi connectivity index (χ2v) is 9.21. The van der Waals surface area contributed by atoms with E-state index in [0.717, 1.165) is 25.8 Å². The summed E-state index contributed by atoms with van der Waals surface area (Å²) in [6.45, 7) is 6.97. The number of carbonyl (C=O) groups is 2. The molecule has 0 aliphatic carbocycles. The standard InChI is InChI=1S/C22H41N3O6.ClH/c1-16(2)12-20(28)25-10-9-24(22(30)17-6-5-7-23-13-17)8-3-4-11-31-15-19(27)21(29)18(26)14-25;/h16-19,21,23,26-27,29H,3-15H2,1-2H3;1H/t17-,18-,19+,21+;/m0./s1. The first-order valence-electron chi connectivity index (χ1n) is 11.7. The number of halogens is 1. The SMILES string of the molecule is CC(C)CC(=O)N1CCN(C(=O)[C@H]2CCCNC2)CCCCOC[C@@H](O)[C@H](O)[C@@H](O)C1.Cl. The topological polar surface area (TPSA) is 123 Å². The summed E-state index contributed by atoms with van der Waals surface area (Å²) in [5.74, 6) is 0.0669. The zero-order valence-electron chi connectivity index (χ0n) is 19.4. The summed E-state index contributed by atoms with van der Waals surface area (Å²) in [6.07, 6.45) is -0.311. The van der Waals surface area contributed by atoms with E-state index in [9.17, 15) is 24.9 Å². The van der Waals surface area contributed by atoms with Gasteiger partial charge in [0.1, 0.15) is 18.3 Å². The van der Waals surface area contributed by atoms with Gasteiger partial charge in [-0.2, -0.15) is 0 Å². The van der Waals surface area contributed by atoms with E-state index in [1.54, 1.807) is 0 Å². The molecule has 188 valence electrons. The monoisotopic (exact) mass is 479 g/mol. The van der Waals surface area contributed by atoms with Crippen LogP contribution >= 0.6 is 12.4 Å². The van der Waals surface area contributed by atoms with Crippen molar-refractivity contribution in [3.05, 3.63) is 0 Å². The van der Waals surface area contributed by atoms with E-state index in [1.165, 1.54) is 4.90 Å². The van der Waals surface area contributed by atoms with Gasteiger partial charge < -0.3 is 35.2 Å². The van der Waals surface area contributed by atoms with Crippen LogP contribution in [0.25, 0.3) is 0 Å². The maximum absolute atomic E-state index is 13.1. The van der Waals surface area contributed by atoms with Crippen LogP contribution in [0.4, 0.5) is 0 Å². The van der Waals surface area contributed by atoms with Crippen molar-refractivity contribution in [2.45, 2.75) is 64.3 Å². The number of aliphatic hydroxyl groups excluding tert-OH is 3. The number of amides is 2. The highest BCUT2D eigenvalue weighted by Crippen LogP contribution is 2.15. The van der Waals surface area contributed by atoms with Gasteiger partial charge in [0.05, 0.1) is 12.5 Å². The molecule has 4 N–H and O–H groups in total. The van der Waals surface area contributed by atoms with E-state index in [1.807, 2.05) is 18.7 Å². The van der Waals surface area contributed by atoms with Crippen LogP contribution < -0.4 is 5.32 Å². The maximum Gasteiger partial charge on any atom is 0.227 e. The van der Waals surface area contributed by atoms with Crippen molar-refractivity contribution in [3.63, 3.8) is 0 Å². The molecule has 0 radical (unpaired) electrons. The summed E-state index contributed by atoms with van der Waals surface area (Å²) in [7, 11) is 0. The first kappa shape index (κ1) is 29.1. The van der Waals surface area contributed by atoms with Crippen LogP contribution in [-0.4, -0.2) is 108 Å². The Labute approximate surface area is 197 Å². The van der Waals surface area contributed by atoms with Crippen LogP contribution in [0.3, 0.4) is 0 Å². The molecule has 2 saturated heterocycles. The molecule has 2 aliphatic heterocycles. The Morgan fingerprint density at radius 2 is 1.75 bits per heavy atom. The summed E-state index contributed by atoms with van der Waals surface area (Å²) in [5.41, 5.74) is 0. The van der Waals surface area contributed by atoms with Gasteiger partial charge in [-0.25, -0.2) is 0 Å². The van der Waals surface area contributed by atoms with E-state index < -0.39 is 18.3 Å². The smallest absolute Gasteiger partial charge is 0.227 e. The Morgan fingerprint density at radius 3 is 2.41 bits per heavy atom. The Balaban J connectivity index is 0.00000512. The first-order valence-corrected chi connectivity index (χ1v) is 11.7. The zero-order valence-corrected chi connectivity index (χ0v) is 20.3. The number of nitrogens with zero attached hydrogens (tertiary/aromatic N) is 2. The Hall–Kier alpha value is -0.970. The Morgan fingerprint density at radius 1 is 1.03 bits per heavy atom. The van der Waals surface area contributed by atoms with E-state index in [0.29, 0.717) is 39.1 Å². The predicted octanol–water partition coefficient (Wildman–Crippen LogP) is 0.00420. The second-order valence-electron chi connectivity index (χ2n) is 9.21. The van der Waals surface area contributed by atoms with Crippen LogP contribution in [0.1, 0.15) is 46.0 Å². The highest BCUT2D eigenvalue weighted by atomic mass is 35.5. The zero-order chi connectivity index (χ0) is 22.8. The lowest BCUT2D eigenvalue weighted by Gasteiger charge is -2.34. The summed E-state index contributed by atoms with van der Waals surface area (Å²) in [5, 5.41) is 34.1. The van der Waals surface area contributed by atoms with E-state index in [2.05, 4.69) is 5.32 Å². The number of β-amino-alcohol motifs (C(OH)–C–C–N with tert-alkyl or cyclic N) is 1. The molecule has 2 aliphatic rings. The van der Waals surface area contributed by atoms with Crippen molar-refractivity contribution in [2.75, 3.05) is 52.5 Å². The number of nitrogens with one attached hydrogen (secondary N) is 1. The molecule has 0 saturated carbocycles. The third-order valence-corrected chi connectivity index (χ3v) is 5.98. The van der Waals surface area contributed by atoms with Crippen molar-refractivity contribution in [1.82, 2.24) is 15.1 Å². The van der Waals surface area contributed by atoms with Gasteiger partial charge >= 0.3 is 0 Å². The van der Waals surface area contributed by atoms with Gasteiger partial charge in [-0.1, -0.05) is 13.8 Å². The molecular weight excluding hydrogens is 438 g/mol. The van der Waals surface area contributed by atoms with Gasteiger partial charge in [0.25, 0.3) is 0 Å². The average Bonchev–Trinajstić information content (AvgIpc) is 2.75. The molecule has 10 heteroatoms. The van der Waals surface area contributed by atoms with Gasteiger partial charge in [-0.05, 0) is 38.1 Å². The summed E-state index contributed by atoms with van der Waals surface area (Å²) in [4.78, 5) is 29.3. The largest absolute Gasteiger partial charge is 0.388 e. The van der Waals surface area contributed by atoms with Gasteiger partial charge in [0, 0.05) is 45.8 Å². The first-order chi connectivity index (χ1) is 14.8. The lowest BCUT2D eigenvalue weighted by atomic mass is 9.98. The minimum absolute atomic E-state index is 0. The maximum atomic E-state index is 13.1. The Kier molecular flexibility index (Phi) is 13.7. The summed E-state index contributed by atoms with van der Waals surface area (Å²) < 4.78 is 5.43. The van der Waals surface area contributed by atoms with Crippen molar-refractivity contribution in [1.29, 1.82) is 0 Å². The number of carbonyl (C=O) groups excluding carboxylic acids is 2. The Bertz CT molecular complexity index is 562. The van der Waals surface area contributed by atoms with Crippen LogP contribution in [0.15, 0.2) is 0 Å². The molecule has 2 rings (SSSR count). The third-order valence-electron chi connectivity index (χ3n) is 5.98. The molecule has 0 unspecified atom stereocenters. The summed E-state index contributed by atoms with van der Waals surface area (Å²) >= 11 is 0. The fourth-order valence-corrected chi connectivity index (χ4v) is 4.09. The normalized spacial score (nSPS) is 29.2. The number of piperidine rings is 1. The average molecular weight is 480 g/mol. The number of hydrogen-bond acceptors (Lipinski definition) is 7. The van der Waals surface area contributed by atoms with Crippen LogP contribution in [0.5, 0.6) is 0 Å². The van der Waals surface area contributed by atoms with Crippen LogP contribution in [0, 0.1) is 11.8 Å². The van der Waals surface area contributed by atoms with Gasteiger partial charge in [0.15, 0.2) is 0 Å². The van der Waals surface area contributed by atoms with Crippen LogP contribution in [-0.2, 0) is 14.3 Å². The molecule has 0 spiro atoms. The molecule has 9 nitrogen and oxygen atoms in total. The van der Waals surface area contributed by atoms with Crippen LogP contribution in [0.2, 0.25) is 0 Å². The van der Waals surface area contributed by atoms with E-state index in [-0.39, 0.29) is 55.8 Å². The van der Waals surface area contributed by atoms with Crippen molar-refractivity contribution in [3.8, 4) is 0 Å². The molecule has 2 fully saturated rings. The molecule has 2 amide bonds. The fraction of sp³-hybridized carbons (Fsp3) is 0.909. The molecule has 0 aromatic carbocycles. The number of aliphatic hydroxyl groups is 3. The quantitative estimate of drug-likeness (QED) is 0.449. The minimum Gasteiger partial charge on any atom is -0.388 e. The molecular formula is C22H42ClN3O6. The molecule has 32 heavy (non-hydrogen) atoms. The predicted molar refractivity (Wildman–Crippen MR) is 124 cm³/mol. The van der Waals surface area contributed by atoms with Gasteiger partial charge in [-0.3, -0.25) is 9.59 Å². The molecule has 4 atom stereocenters. The van der Waals surface area contributed by atoms with Gasteiger partial charge in [0.2, 0.25) is 11.8 Å². The van der Waals surface area contributed by atoms with Crippen molar-refractivity contribution in [2.24, 2.45) is 11.8 Å². The van der Waals surface area contributed by atoms with Gasteiger partial charge in [-0.15, -0.1) is 12.4 Å². The van der Waals surface area contributed by atoms with Crippen molar-refractivity contribution < 1.29 is 29.6 Å². The number of ether oxygens (including phenoxy) is 1. The number of rotatable bonds is 3. The second kappa shape index (κ2) is 15.0. The fourth-order valence-electron chi connectivity index (χ4n) is 4.09. The molecule has 0 aromatic rings. The van der Waals surface area contributed by atoms with Crippen molar-refractivity contribution >= 4 is 24.2 Å². The van der Waals surface area contributed by atoms with E-state index in [4.69, 9.17) is 4.74 Å². The molecule has 2 heterocycles. The van der Waals surface area contributed by atoms with E-state index >= 15 is 0 Å². The highest BCUT2D eigenvalue weighted by Gasteiger charge is 2.30.